The molecule has 1 atom stereocenters. The average Bonchev–Trinajstić information content (AvgIpc) is 3.16. The molecule has 0 aromatic heterocycles. The second-order valence-corrected chi connectivity index (χ2v) is 8.90. The standard InChI is InChI=1S/C24H21BrN2O3S/c1-2-30-21-9-4-3-8-20(21)27-22(28)15-31-24(27)16-10-12-19(13-11-16)26-23(29)17-6-5-7-18(25)14-17/h3-14,24H,2,15H2,1H3,(H,26,29)/t24-/m1/s1. The molecule has 3 aromatic carbocycles. The van der Waals surface area contributed by atoms with E-state index in [9.17, 15) is 9.59 Å². The lowest BCUT2D eigenvalue weighted by atomic mass is 10.1. The molecular weight excluding hydrogens is 476 g/mol. The molecule has 1 saturated heterocycles. The number of carbonyl (C=O) groups excluding carboxylic acids is 2. The van der Waals surface area contributed by atoms with Crippen molar-refractivity contribution >= 4 is 50.9 Å². The van der Waals surface area contributed by atoms with E-state index < -0.39 is 0 Å². The molecule has 158 valence electrons. The smallest absolute Gasteiger partial charge is 0.255 e. The van der Waals surface area contributed by atoms with Gasteiger partial charge in [0.05, 0.1) is 18.0 Å². The van der Waals surface area contributed by atoms with Gasteiger partial charge in [0, 0.05) is 15.7 Å². The molecule has 1 aliphatic rings. The molecule has 7 heteroatoms. The largest absolute Gasteiger partial charge is 0.492 e. The Morgan fingerprint density at radius 1 is 1.13 bits per heavy atom. The fraction of sp³-hybridized carbons (Fsp3) is 0.167. The summed E-state index contributed by atoms with van der Waals surface area (Å²) in [5.41, 5.74) is 3.04. The van der Waals surface area contributed by atoms with Crippen molar-refractivity contribution in [2.75, 3.05) is 22.6 Å². The van der Waals surface area contributed by atoms with E-state index in [0.29, 0.717) is 29.4 Å². The van der Waals surface area contributed by atoms with Crippen LogP contribution in [0.25, 0.3) is 0 Å². The maximum atomic E-state index is 12.7. The number of ether oxygens (including phenoxy) is 1. The molecule has 0 aliphatic carbocycles. The molecule has 5 nitrogen and oxygen atoms in total. The first-order valence-corrected chi connectivity index (χ1v) is 11.7. The molecule has 4 rings (SSSR count). The summed E-state index contributed by atoms with van der Waals surface area (Å²) in [4.78, 5) is 27.0. The van der Waals surface area contributed by atoms with Gasteiger partial charge in [-0.25, -0.2) is 0 Å². The summed E-state index contributed by atoms with van der Waals surface area (Å²) in [5, 5.41) is 2.76. The first kappa shape index (κ1) is 21.5. The number of hydrogen-bond donors (Lipinski definition) is 1. The van der Waals surface area contributed by atoms with Gasteiger partial charge in [0.25, 0.3) is 5.91 Å². The van der Waals surface area contributed by atoms with Crippen LogP contribution in [0.4, 0.5) is 11.4 Å². The highest BCUT2D eigenvalue weighted by atomic mass is 79.9. The molecule has 2 amide bonds. The van der Waals surface area contributed by atoms with Crippen molar-refractivity contribution in [1.82, 2.24) is 0 Å². The maximum absolute atomic E-state index is 12.7. The Morgan fingerprint density at radius 2 is 1.90 bits per heavy atom. The molecule has 0 radical (unpaired) electrons. The number of anilines is 2. The molecule has 0 spiro atoms. The van der Waals surface area contributed by atoms with Gasteiger partial charge in [-0.2, -0.15) is 0 Å². The second-order valence-electron chi connectivity index (χ2n) is 6.91. The van der Waals surface area contributed by atoms with Gasteiger partial charge in [0.1, 0.15) is 11.1 Å². The lowest BCUT2D eigenvalue weighted by Crippen LogP contribution is -2.28. The zero-order valence-electron chi connectivity index (χ0n) is 16.9. The van der Waals surface area contributed by atoms with E-state index in [0.717, 1.165) is 15.7 Å². The molecular formula is C24H21BrN2O3S. The van der Waals surface area contributed by atoms with Gasteiger partial charge in [-0.3, -0.25) is 14.5 Å². The number of amides is 2. The Bertz CT molecular complexity index is 1100. The van der Waals surface area contributed by atoms with Crippen molar-refractivity contribution in [3.05, 3.63) is 88.4 Å². The normalized spacial score (nSPS) is 15.7. The highest BCUT2D eigenvalue weighted by Crippen LogP contribution is 2.44. The van der Waals surface area contributed by atoms with Crippen molar-refractivity contribution in [2.45, 2.75) is 12.3 Å². The second kappa shape index (κ2) is 9.58. The number of benzene rings is 3. The molecule has 0 unspecified atom stereocenters. The molecule has 1 fully saturated rings. The lowest BCUT2D eigenvalue weighted by molar-refractivity contribution is -0.115. The van der Waals surface area contributed by atoms with Crippen LogP contribution >= 0.6 is 27.7 Å². The number of rotatable bonds is 6. The fourth-order valence-corrected chi connectivity index (χ4v) is 5.00. The van der Waals surface area contributed by atoms with Gasteiger partial charge in [-0.1, -0.05) is 46.3 Å². The van der Waals surface area contributed by atoms with Crippen molar-refractivity contribution in [2.24, 2.45) is 0 Å². The predicted octanol–water partition coefficient (Wildman–Crippen LogP) is 5.88. The molecule has 1 N–H and O–H groups in total. The molecule has 1 aliphatic heterocycles. The van der Waals surface area contributed by atoms with Gasteiger partial charge < -0.3 is 10.1 Å². The molecule has 3 aromatic rings. The summed E-state index contributed by atoms with van der Waals surface area (Å²) >= 11 is 4.96. The summed E-state index contributed by atoms with van der Waals surface area (Å²) in [7, 11) is 0. The van der Waals surface area contributed by atoms with Crippen molar-refractivity contribution in [3.63, 3.8) is 0 Å². The number of halogens is 1. The number of nitrogens with zero attached hydrogens (tertiary/aromatic N) is 1. The van der Waals surface area contributed by atoms with E-state index in [4.69, 9.17) is 4.74 Å². The number of para-hydroxylation sites is 2. The van der Waals surface area contributed by atoms with E-state index in [1.54, 1.807) is 28.8 Å². The molecule has 0 saturated carbocycles. The van der Waals surface area contributed by atoms with Crippen LogP contribution in [0, 0.1) is 0 Å². The van der Waals surface area contributed by atoms with E-state index in [1.807, 2.05) is 67.6 Å². The van der Waals surface area contributed by atoms with Crippen molar-refractivity contribution in [3.8, 4) is 5.75 Å². The first-order valence-electron chi connectivity index (χ1n) is 9.89. The maximum Gasteiger partial charge on any atom is 0.255 e. The number of thioether (sulfide) groups is 1. The highest BCUT2D eigenvalue weighted by Gasteiger charge is 2.35. The Morgan fingerprint density at radius 3 is 2.65 bits per heavy atom. The Kier molecular flexibility index (Phi) is 6.63. The quantitative estimate of drug-likeness (QED) is 0.462. The Hall–Kier alpha value is -2.77. The van der Waals surface area contributed by atoms with Crippen molar-refractivity contribution < 1.29 is 14.3 Å². The fourth-order valence-electron chi connectivity index (χ4n) is 3.43. The van der Waals surface area contributed by atoms with Crippen molar-refractivity contribution in [1.29, 1.82) is 0 Å². The van der Waals surface area contributed by atoms with Gasteiger partial charge in [-0.15, -0.1) is 11.8 Å². The monoisotopic (exact) mass is 496 g/mol. The summed E-state index contributed by atoms with van der Waals surface area (Å²) in [6.07, 6.45) is 0. The SMILES string of the molecule is CCOc1ccccc1N1C(=O)CS[C@@H]1c1ccc(NC(=O)c2cccc(Br)c2)cc1. The third-order valence-corrected chi connectivity index (χ3v) is 6.54. The predicted molar refractivity (Wildman–Crippen MR) is 129 cm³/mol. The Labute approximate surface area is 193 Å². The van der Waals surface area contributed by atoms with Crippen LogP contribution in [0.5, 0.6) is 5.75 Å². The molecule has 1 heterocycles. The van der Waals surface area contributed by atoms with Crippen LogP contribution < -0.4 is 15.0 Å². The molecule has 0 bridgehead atoms. The van der Waals surface area contributed by atoms with Gasteiger partial charge in [0.2, 0.25) is 5.91 Å². The number of carbonyl (C=O) groups is 2. The van der Waals surface area contributed by atoms with Crippen LogP contribution in [0.2, 0.25) is 0 Å². The topological polar surface area (TPSA) is 58.6 Å². The number of nitrogens with one attached hydrogen (secondary N) is 1. The van der Waals surface area contributed by atoms with E-state index in [1.165, 1.54) is 0 Å². The van der Waals surface area contributed by atoms with Gasteiger partial charge >= 0.3 is 0 Å². The summed E-state index contributed by atoms with van der Waals surface area (Å²) in [6.45, 7) is 2.46. The van der Waals surface area contributed by atoms with Gasteiger partial charge in [0.15, 0.2) is 0 Å². The van der Waals surface area contributed by atoms with Crippen LogP contribution in [-0.2, 0) is 4.79 Å². The zero-order valence-corrected chi connectivity index (χ0v) is 19.3. The zero-order chi connectivity index (χ0) is 21.8. The minimum absolute atomic E-state index is 0.0502. The van der Waals surface area contributed by atoms with Crippen LogP contribution in [0.15, 0.2) is 77.3 Å². The lowest BCUT2D eigenvalue weighted by Gasteiger charge is -2.26. The minimum Gasteiger partial charge on any atom is -0.492 e. The van der Waals surface area contributed by atoms with Crippen LogP contribution in [-0.4, -0.2) is 24.2 Å². The summed E-state index contributed by atoms with van der Waals surface area (Å²) in [6, 6.07) is 22.5. The minimum atomic E-state index is -0.174. The highest BCUT2D eigenvalue weighted by molar-refractivity contribution is 9.10. The first-order chi connectivity index (χ1) is 15.1. The van der Waals surface area contributed by atoms with E-state index in [-0.39, 0.29) is 17.2 Å². The third-order valence-electron chi connectivity index (χ3n) is 4.83. The number of hydrogen-bond acceptors (Lipinski definition) is 4. The van der Waals surface area contributed by atoms with Crippen LogP contribution in [0.1, 0.15) is 28.2 Å². The van der Waals surface area contributed by atoms with E-state index in [2.05, 4.69) is 21.2 Å². The van der Waals surface area contributed by atoms with Crippen LogP contribution in [0.3, 0.4) is 0 Å². The summed E-state index contributed by atoms with van der Waals surface area (Å²) < 4.78 is 6.59. The average molecular weight is 497 g/mol. The van der Waals surface area contributed by atoms with E-state index >= 15 is 0 Å². The summed E-state index contributed by atoms with van der Waals surface area (Å²) in [5.74, 6) is 0.983. The van der Waals surface area contributed by atoms with Gasteiger partial charge in [-0.05, 0) is 55.0 Å². The molecule has 31 heavy (non-hydrogen) atoms. The Balaban J connectivity index is 1.54. The third kappa shape index (κ3) is 4.78.